The molecule has 0 saturated carbocycles. The zero-order valence-corrected chi connectivity index (χ0v) is 17.4. The molecule has 152 valence electrons. The first-order valence-corrected chi connectivity index (χ1v) is 9.54. The fourth-order valence-electron chi connectivity index (χ4n) is 3.12. The number of rotatable bonds is 10. The molecule has 1 N–H and O–H groups in total. The van der Waals surface area contributed by atoms with Crippen molar-refractivity contribution in [3.05, 3.63) is 47.0 Å². The molecule has 0 aliphatic carbocycles. The second kappa shape index (κ2) is 10.0. The summed E-state index contributed by atoms with van der Waals surface area (Å²) < 4.78 is 16.0. The summed E-state index contributed by atoms with van der Waals surface area (Å²) in [5, 5.41) is 10.9. The van der Waals surface area contributed by atoms with Gasteiger partial charge in [-0.2, -0.15) is 0 Å². The molecule has 5 heteroatoms. The number of ether oxygens (including phenoxy) is 3. The normalized spacial score (nSPS) is 10.8. The van der Waals surface area contributed by atoms with E-state index in [-0.39, 0.29) is 23.5 Å². The van der Waals surface area contributed by atoms with Gasteiger partial charge >= 0.3 is 0 Å². The van der Waals surface area contributed by atoms with Crippen molar-refractivity contribution in [1.29, 1.82) is 0 Å². The van der Waals surface area contributed by atoms with Gasteiger partial charge in [0, 0.05) is 18.1 Å². The number of benzene rings is 2. The molecule has 0 spiro atoms. The summed E-state index contributed by atoms with van der Waals surface area (Å²) in [4.78, 5) is 12.9. The van der Waals surface area contributed by atoms with Gasteiger partial charge in [0.15, 0.2) is 5.78 Å². The van der Waals surface area contributed by atoms with Crippen molar-refractivity contribution in [2.24, 2.45) is 5.92 Å². The number of hydrogen-bond acceptors (Lipinski definition) is 5. The number of ketones is 1. The topological polar surface area (TPSA) is 65.0 Å². The average molecular weight is 386 g/mol. The number of carbonyl (C=O) groups is 1. The summed E-state index contributed by atoms with van der Waals surface area (Å²) in [6.07, 6.45) is 2.36. The van der Waals surface area contributed by atoms with Crippen LogP contribution in [0.15, 0.2) is 30.3 Å². The van der Waals surface area contributed by atoms with Crippen LogP contribution in [0, 0.1) is 5.92 Å². The number of aryl methyl sites for hydroxylation is 1. The van der Waals surface area contributed by atoms with Crippen LogP contribution in [-0.2, 0) is 12.8 Å². The Kier molecular flexibility index (Phi) is 7.73. The van der Waals surface area contributed by atoms with Crippen molar-refractivity contribution in [3.8, 4) is 23.0 Å². The number of aromatic hydroxyl groups is 1. The van der Waals surface area contributed by atoms with Crippen molar-refractivity contribution in [1.82, 2.24) is 0 Å². The molecule has 0 aliphatic rings. The lowest BCUT2D eigenvalue weighted by atomic mass is 9.94. The van der Waals surface area contributed by atoms with E-state index >= 15 is 0 Å². The van der Waals surface area contributed by atoms with Crippen LogP contribution in [0.3, 0.4) is 0 Å². The lowest BCUT2D eigenvalue weighted by Crippen LogP contribution is -2.08. The van der Waals surface area contributed by atoms with Gasteiger partial charge in [-0.25, -0.2) is 0 Å². The first-order valence-electron chi connectivity index (χ1n) is 9.54. The summed E-state index contributed by atoms with van der Waals surface area (Å²) in [6, 6.07) is 9.30. The molecule has 0 unspecified atom stereocenters. The van der Waals surface area contributed by atoms with Crippen LogP contribution < -0.4 is 14.2 Å². The van der Waals surface area contributed by atoms with Crippen molar-refractivity contribution in [3.63, 3.8) is 0 Å². The van der Waals surface area contributed by atoms with E-state index in [1.807, 2.05) is 24.3 Å². The van der Waals surface area contributed by atoms with E-state index in [9.17, 15) is 9.90 Å². The lowest BCUT2D eigenvalue weighted by molar-refractivity contribution is 0.0977. The Morgan fingerprint density at radius 2 is 1.61 bits per heavy atom. The Hall–Kier alpha value is -2.69. The lowest BCUT2D eigenvalue weighted by Gasteiger charge is -2.17. The van der Waals surface area contributed by atoms with Crippen molar-refractivity contribution in [2.75, 3.05) is 21.3 Å². The molecule has 0 heterocycles. The highest BCUT2D eigenvalue weighted by atomic mass is 16.5. The second-order valence-electron chi connectivity index (χ2n) is 7.19. The molecule has 0 atom stereocenters. The third kappa shape index (κ3) is 5.18. The van der Waals surface area contributed by atoms with Gasteiger partial charge < -0.3 is 19.3 Å². The number of phenols is 1. The smallest absolute Gasteiger partial charge is 0.170 e. The van der Waals surface area contributed by atoms with Gasteiger partial charge in [-0.05, 0) is 42.9 Å². The van der Waals surface area contributed by atoms with Gasteiger partial charge in [0.2, 0.25) is 0 Å². The van der Waals surface area contributed by atoms with E-state index in [0.29, 0.717) is 35.8 Å². The fourth-order valence-corrected chi connectivity index (χ4v) is 3.12. The molecule has 0 bridgehead atoms. The fraction of sp³-hybridized carbons (Fsp3) is 0.435. The molecule has 2 aromatic rings. The zero-order chi connectivity index (χ0) is 20.7. The van der Waals surface area contributed by atoms with E-state index < -0.39 is 0 Å². The molecule has 0 fully saturated rings. The minimum Gasteiger partial charge on any atom is -0.507 e. The molecule has 0 saturated heterocycles. The summed E-state index contributed by atoms with van der Waals surface area (Å²) >= 11 is 0. The third-order valence-corrected chi connectivity index (χ3v) is 4.82. The standard InChI is InChI=1S/C23H30O5/c1-15(2)6-12-18-20(27-4)14-21(28-5)22(23(18)25)19(24)13-9-16-7-10-17(26-3)11-8-16/h7-8,10-11,14-15,25H,6,9,12-13H2,1-5H3. The molecular weight excluding hydrogens is 356 g/mol. The Bertz CT molecular complexity index is 794. The highest BCUT2D eigenvalue weighted by molar-refractivity contribution is 6.02. The van der Waals surface area contributed by atoms with Gasteiger partial charge in [-0.3, -0.25) is 4.79 Å². The molecule has 2 aromatic carbocycles. The molecule has 0 radical (unpaired) electrons. The average Bonchev–Trinajstić information content (AvgIpc) is 2.70. The Labute approximate surface area is 167 Å². The minimum atomic E-state index is -0.154. The van der Waals surface area contributed by atoms with Crippen LogP contribution in [0.2, 0.25) is 0 Å². The van der Waals surface area contributed by atoms with E-state index in [2.05, 4.69) is 13.8 Å². The summed E-state index contributed by atoms with van der Waals surface area (Å²) in [6.45, 7) is 4.24. The molecule has 0 amide bonds. The van der Waals surface area contributed by atoms with Gasteiger partial charge in [0.05, 0.1) is 21.3 Å². The maximum absolute atomic E-state index is 12.9. The van der Waals surface area contributed by atoms with Crippen LogP contribution in [0.5, 0.6) is 23.0 Å². The van der Waals surface area contributed by atoms with Crippen LogP contribution in [0.4, 0.5) is 0 Å². The number of hydrogen-bond donors (Lipinski definition) is 1. The molecule has 0 aliphatic heterocycles. The molecule has 5 nitrogen and oxygen atoms in total. The van der Waals surface area contributed by atoms with E-state index in [1.165, 1.54) is 7.11 Å². The summed E-state index contributed by atoms with van der Waals surface area (Å²) in [7, 11) is 4.66. The van der Waals surface area contributed by atoms with E-state index in [1.54, 1.807) is 20.3 Å². The van der Waals surface area contributed by atoms with Gasteiger partial charge in [0.25, 0.3) is 0 Å². The Morgan fingerprint density at radius 3 is 2.14 bits per heavy atom. The SMILES string of the molecule is COc1ccc(CCC(=O)c2c(OC)cc(OC)c(CCC(C)C)c2O)cc1. The first kappa shape index (κ1) is 21.6. The monoisotopic (exact) mass is 386 g/mol. The predicted molar refractivity (Wildman–Crippen MR) is 110 cm³/mol. The highest BCUT2D eigenvalue weighted by Gasteiger charge is 2.24. The predicted octanol–water partition coefficient (Wildman–Crippen LogP) is 4.82. The van der Waals surface area contributed by atoms with E-state index in [0.717, 1.165) is 17.7 Å². The van der Waals surface area contributed by atoms with Gasteiger partial charge in [-0.15, -0.1) is 0 Å². The van der Waals surface area contributed by atoms with Gasteiger partial charge in [-0.1, -0.05) is 26.0 Å². The number of phenolic OH excluding ortho intramolecular Hbond substituents is 1. The number of carbonyl (C=O) groups excluding carboxylic acids is 1. The Morgan fingerprint density at radius 1 is 0.964 bits per heavy atom. The summed E-state index contributed by atoms with van der Waals surface area (Å²) in [5.74, 6) is 1.94. The zero-order valence-electron chi connectivity index (χ0n) is 17.4. The maximum atomic E-state index is 12.9. The first-order chi connectivity index (χ1) is 13.4. The number of Topliss-reactive ketones (excluding diaryl/α,β-unsaturated/α-hetero) is 1. The molecule has 2 rings (SSSR count). The summed E-state index contributed by atoms with van der Waals surface area (Å²) in [5.41, 5.74) is 1.92. The van der Waals surface area contributed by atoms with Crippen molar-refractivity contribution >= 4 is 5.78 Å². The number of methoxy groups -OCH3 is 3. The van der Waals surface area contributed by atoms with Crippen molar-refractivity contribution < 1.29 is 24.1 Å². The van der Waals surface area contributed by atoms with Crippen molar-refractivity contribution in [2.45, 2.75) is 39.5 Å². The van der Waals surface area contributed by atoms with Crippen LogP contribution in [-0.4, -0.2) is 32.2 Å². The minimum absolute atomic E-state index is 0.0309. The maximum Gasteiger partial charge on any atom is 0.170 e. The van der Waals surface area contributed by atoms with Crippen LogP contribution in [0.1, 0.15) is 48.2 Å². The molecule has 28 heavy (non-hydrogen) atoms. The Balaban J connectivity index is 2.27. The quantitative estimate of drug-likeness (QED) is 0.593. The molecule has 0 aromatic heterocycles. The largest absolute Gasteiger partial charge is 0.507 e. The van der Waals surface area contributed by atoms with Gasteiger partial charge in [0.1, 0.15) is 28.6 Å². The van der Waals surface area contributed by atoms with Crippen LogP contribution >= 0.6 is 0 Å². The second-order valence-corrected chi connectivity index (χ2v) is 7.19. The van der Waals surface area contributed by atoms with E-state index in [4.69, 9.17) is 14.2 Å². The highest BCUT2D eigenvalue weighted by Crippen LogP contribution is 2.40. The van der Waals surface area contributed by atoms with Crippen LogP contribution in [0.25, 0.3) is 0 Å². The third-order valence-electron chi connectivity index (χ3n) is 4.82. The molecular formula is C23H30O5.